The maximum absolute atomic E-state index is 10.7. The smallest absolute Gasteiger partial charge is 0.118 e. The predicted octanol–water partition coefficient (Wildman–Crippen LogP) is 2.54. The summed E-state index contributed by atoms with van der Waals surface area (Å²) in [4.78, 5) is 0. The summed E-state index contributed by atoms with van der Waals surface area (Å²) >= 11 is 0. The van der Waals surface area contributed by atoms with Crippen LogP contribution in [0, 0.1) is 5.92 Å². The van der Waals surface area contributed by atoms with Crippen LogP contribution in [-0.4, -0.2) is 25.3 Å². The van der Waals surface area contributed by atoms with E-state index in [9.17, 15) is 5.11 Å². The van der Waals surface area contributed by atoms with Crippen molar-refractivity contribution in [2.45, 2.75) is 32.8 Å². The Kier molecular flexibility index (Phi) is 5.63. The van der Waals surface area contributed by atoms with Crippen molar-refractivity contribution in [3.8, 4) is 5.75 Å². The lowest BCUT2D eigenvalue weighted by molar-refractivity contribution is 0.0321. The SMILES string of the molecule is CCC(O)(CNCC(C)C)c1ccc(OC)cc1. The van der Waals surface area contributed by atoms with Gasteiger partial charge in [-0.05, 0) is 36.6 Å². The number of hydrogen-bond acceptors (Lipinski definition) is 3. The van der Waals surface area contributed by atoms with Crippen LogP contribution in [0.15, 0.2) is 24.3 Å². The Bertz CT molecular complexity index is 348. The molecule has 1 atom stereocenters. The maximum Gasteiger partial charge on any atom is 0.118 e. The molecule has 18 heavy (non-hydrogen) atoms. The van der Waals surface area contributed by atoms with E-state index in [0.717, 1.165) is 17.9 Å². The topological polar surface area (TPSA) is 41.5 Å². The van der Waals surface area contributed by atoms with Crippen LogP contribution in [0.4, 0.5) is 0 Å². The van der Waals surface area contributed by atoms with Gasteiger partial charge in [-0.1, -0.05) is 32.9 Å². The molecule has 0 heterocycles. The molecule has 0 bridgehead atoms. The van der Waals surface area contributed by atoms with E-state index in [2.05, 4.69) is 19.2 Å². The summed E-state index contributed by atoms with van der Waals surface area (Å²) in [6.45, 7) is 7.81. The van der Waals surface area contributed by atoms with E-state index in [4.69, 9.17) is 4.74 Å². The van der Waals surface area contributed by atoms with Gasteiger partial charge in [0.15, 0.2) is 0 Å². The highest BCUT2D eigenvalue weighted by Crippen LogP contribution is 2.26. The molecule has 2 N–H and O–H groups in total. The molecular weight excluding hydrogens is 226 g/mol. The Labute approximate surface area is 110 Å². The molecule has 0 amide bonds. The Balaban J connectivity index is 2.72. The van der Waals surface area contributed by atoms with Crippen molar-refractivity contribution >= 4 is 0 Å². The van der Waals surface area contributed by atoms with Gasteiger partial charge < -0.3 is 15.2 Å². The lowest BCUT2D eigenvalue weighted by Gasteiger charge is -2.28. The number of benzene rings is 1. The van der Waals surface area contributed by atoms with E-state index in [1.807, 2.05) is 31.2 Å². The standard InChI is InChI=1S/C15H25NO2/c1-5-15(17,11-16-10-12(2)3)13-6-8-14(18-4)9-7-13/h6-9,12,16-17H,5,10-11H2,1-4H3. The third-order valence-electron chi connectivity index (χ3n) is 3.18. The third-order valence-corrected chi connectivity index (χ3v) is 3.18. The zero-order valence-electron chi connectivity index (χ0n) is 11.9. The fourth-order valence-electron chi connectivity index (χ4n) is 1.90. The molecule has 3 heteroatoms. The Hall–Kier alpha value is -1.06. The van der Waals surface area contributed by atoms with Gasteiger partial charge in [-0.25, -0.2) is 0 Å². The van der Waals surface area contributed by atoms with Crippen molar-refractivity contribution in [2.75, 3.05) is 20.2 Å². The van der Waals surface area contributed by atoms with Crippen LogP contribution in [0.1, 0.15) is 32.8 Å². The summed E-state index contributed by atoms with van der Waals surface area (Å²) in [6, 6.07) is 7.63. The number of ether oxygens (including phenoxy) is 1. The molecule has 1 unspecified atom stereocenters. The molecule has 3 nitrogen and oxygen atoms in total. The molecule has 1 rings (SSSR count). The summed E-state index contributed by atoms with van der Waals surface area (Å²) in [5, 5.41) is 14.0. The highest BCUT2D eigenvalue weighted by atomic mass is 16.5. The summed E-state index contributed by atoms with van der Waals surface area (Å²) in [6.07, 6.45) is 0.685. The molecule has 1 aromatic carbocycles. The molecule has 1 aromatic rings. The van der Waals surface area contributed by atoms with Crippen LogP contribution >= 0.6 is 0 Å². The van der Waals surface area contributed by atoms with Crippen molar-refractivity contribution in [1.82, 2.24) is 5.32 Å². The molecular formula is C15H25NO2. The van der Waals surface area contributed by atoms with Gasteiger partial charge in [0.05, 0.1) is 7.11 Å². The van der Waals surface area contributed by atoms with Crippen molar-refractivity contribution in [2.24, 2.45) is 5.92 Å². The van der Waals surface area contributed by atoms with Crippen molar-refractivity contribution in [1.29, 1.82) is 0 Å². The van der Waals surface area contributed by atoms with E-state index < -0.39 is 5.60 Å². The number of nitrogens with one attached hydrogen (secondary N) is 1. The van der Waals surface area contributed by atoms with Crippen LogP contribution < -0.4 is 10.1 Å². The fraction of sp³-hybridized carbons (Fsp3) is 0.600. The first kappa shape index (κ1) is 15.0. The minimum Gasteiger partial charge on any atom is -0.497 e. The number of methoxy groups -OCH3 is 1. The molecule has 102 valence electrons. The molecule has 0 aliphatic rings. The maximum atomic E-state index is 10.7. The first-order valence-electron chi connectivity index (χ1n) is 6.59. The lowest BCUT2D eigenvalue weighted by Crippen LogP contribution is -2.38. The van der Waals surface area contributed by atoms with Gasteiger partial charge in [0.25, 0.3) is 0 Å². The van der Waals surface area contributed by atoms with E-state index in [0.29, 0.717) is 18.9 Å². The van der Waals surface area contributed by atoms with Gasteiger partial charge in [-0.15, -0.1) is 0 Å². The Morgan fingerprint density at radius 1 is 1.28 bits per heavy atom. The normalized spacial score (nSPS) is 14.6. The molecule has 0 radical (unpaired) electrons. The van der Waals surface area contributed by atoms with E-state index >= 15 is 0 Å². The minimum absolute atomic E-state index is 0.577. The monoisotopic (exact) mass is 251 g/mol. The van der Waals surface area contributed by atoms with Crippen LogP contribution in [0.25, 0.3) is 0 Å². The van der Waals surface area contributed by atoms with Gasteiger partial charge in [0, 0.05) is 6.54 Å². The van der Waals surface area contributed by atoms with Crippen molar-refractivity contribution in [3.05, 3.63) is 29.8 Å². The number of hydrogen-bond donors (Lipinski definition) is 2. The average molecular weight is 251 g/mol. The number of rotatable bonds is 7. The zero-order valence-corrected chi connectivity index (χ0v) is 11.9. The van der Waals surface area contributed by atoms with Gasteiger partial charge >= 0.3 is 0 Å². The summed E-state index contributed by atoms with van der Waals surface area (Å²) in [7, 11) is 1.64. The largest absolute Gasteiger partial charge is 0.497 e. The Morgan fingerprint density at radius 2 is 1.89 bits per heavy atom. The lowest BCUT2D eigenvalue weighted by atomic mass is 9.91. The second-order valence-corrected chi connectivity index (χ2v) is 5.14. The first-order chi connectivity index (χ1) is 8.51. The van der Waals surface area contributed by atoms with Gasteiger partial charge in [-0.3, -0.25) is 0 Å². The fourth-order valence-corrected chi connectivity index (χ4v) is 1.90. The zero-order chi connectivity index (χ0) is 13.6. The predicted molar refractivity (Wildman–Crippen MR) is 74.9 cm³/mol. The molecule has 0 spiro atoms. The highest BCUT2D eigenvalue weighted by Gasteiger charge is 2.26. The van der Waals surface area contributed by atoms with Crippen LogP contribution in [0.3, 0.4) is 0 Å². The molecule has 0 saturated carbocycles. The highest BCUT2D eigenvalue weighted by molar-refractivity contribution is 5.31. The second kappa shape index (κ2) is 6.76. The van der Waals surface area contributed by atoms with Crippen LogP contribution in [0.2, 0.25) is 0 Å². The van der Waals surface area contributed by atoms with E-state index in [1.54, 1.807) is 7.11 Å². The van der Waals surface area contributed by atoms with Gasteiger partial charge in [-0.2, -0.15) is 0 Å². The van der Waals surface area contributed by atoms with Crippen LogP contribution in [-0.2, 0) is 5.60 Å². The van der Waals surface area contributed by atoms with Crippen molar-refractivity contribution < 1.29 is 9.84 Å². The third kappa shape index (κ3) is 4.00. The summed E-state index contributed by atoms with van der Waals surface area (Å²) < 4.78 is 5.13. The molecule has 0 saturated heterocycles. The van der Waals surface area contributed by atoms with E-state index in [1.165, 1.54) is 0 Å². The molecule has 0 fully saturated rings. The molecule has 0 aliphatic heterocycles. The van der Waals surface area contributed by atoms with Crippen LogP contribution in [0.5, 0.6) is 5.75 Å². The number of aliphatic hydroxyl groups is 1. The molecule has 0 aromatic heterocycles. The van der Waals surface area contributed by atoms with E-state index in [-0.39, 0.29) is 0 Å². The van der Waals surface area contributed by atoms with Crippen molar-refractivity contribution in [3.63, 3.8) is 0 Å². The summed E-state index contributed by atoms with van der Waals surface area (Å²) in [5.74, 6) is 1.40. The quantitative estimate of drug-likeness (QED) is 0.782. The van der Waals surface area contributed by atoms with Gasteiger partial charge in [0.2, 0.25) is 0 Å². The minimum atomic E-state index is -0.804. The molecule has 0 aliphatic carbocycles. The Morgan fingerprint density at radius 3 is 2.33 bits per heavy atom. The summed E-state index contributed by atoms with van der Waals surface area (Å²) in [5.41, 5.74) is 0.128. The second-order valence-electron chi connectivity index (χ2n) is 5.14. The first-order valence-corrected chi connectivity index (χ1v) is 6.59. The van der Waals surface area contributed by atoms with Gasteiger partial charge in [0.1, 0.15) is 11.4 Å². The average Bonchev–Trinajstić information content (AvgIpc) is 2.38.